The van der Waals surface area contributed by atoms with Crippen LogP contribution in [0.1, 0.15) is 52.9 Å². The van der Waals surface area contributed by atoms with Crippen LogP contribution in [0, 0.1) is 10.8 Å². The van der Waals surface area contributed by atoms with E-state index in [4.69, 9.17) is 4.74 Å². The van der Waals surface area contributed by atoms with E-state index in [-0.39, 0.29) is 29.1 Å². The van der Waals surface area contributed by atoms with E-state index < -0.39 is 0 Å². The van der Waals surface area contributed by atoms with Crippen LogP contribution in [0.4, 0.5) is 0 Å². The number of carbonyl (C=O) groups is 1. The molecule has 0 unspecified atom stereocenters. The lowest BCUT2D eigenvalue weighted by Crippen LogP contribution is -2.52. The van der Waals surface area contributed by atoms with Gasteiger partial charge in [0.25, 0.3) is 0 Å². The molecule has 0 aromatic carbocycles. The summed E-state index contributed by atoms with van der Waals surface area (Å²) < 4.78 is 5.33. The summed E-state index contributed by atoms with van der Waals surface area (Å²) in [6, 6.07) is 0. The fraction of sp³-hybridized carbons (Fsp3) is 0.938. The topological polar surface area (TPSA) is 50.4 Å². The minimum absolute atomic E-state index is 0. The molecule has 1 aliphatic heterocycles. The van der Waals surface area contributed by atoms with E-state index in [9.17, 15) is 4.79 Å². The Morgan fingerprint density at radius 3 is 2.14 bits per heavy atom. The van der Waals surface area contributed by atoms with Crippen LogP contribution >= 0.6 is 12.4 Å². The van der Waals surface area contributed by atoms with Crippen LogP contribution in [-0.2, 0) is 9.53 Å². The lowest BCUT2D eigenvalue weighted by Gasteiger charge is -2.37. The molecule has 5 heteroatoms. The fourth-order valence-electron chi connectivity index (χ4n) is 3.20. The molecule has 0 aromatic heterocycles. The number of ether oxygens (including phenoxy) is 1. The molecule has 4 nitrogen and oxygen atoms in total. The zero-order valence-electron chi connectivity index (χ0n) is 14.1. The van der Waals surface area contributed by atoms with Gasteiger partial charge in [-0.1, -0.05) is 20.8 Å². The number of piperidine rings is 1. The molecular formula is C16H33ClN2O2. The molecule has 21 heavy (non-hydrogen) atoms. The van der Waals surface area contributed by atoms with Crippen molar-refractivity contribution >= 4 is 18.3 Å². The summed E-state index contributed by atoms with van der Waals surface area (Å²) in [5.41, 5.74) is -0.0855. The van der Waals surface area contributed by atoms with Crippen molar-refractivity contribution in [3.05, 3.63) is 0 Å². The molecule has 1 fully saturated rings. The number of hydrogen-bond donors (Lipinski definition) is 2. The second kappa shape index (κ2) is 9.65. The second-order valence-electron chi connectivity index (χ2n) is 6.21. The van der Waals surface area contributed by atoms with E-state index in [0.717, 1.165) is 51.7 Å². The van der Waals surface area contributed by atoms with Gasteiger partial charge in [0, 0.05) is 13.7 Å². The van der Waals surface area contributed by atoms with Gasteiger partial charge in [0.1, 0.15) is 0 Å². The lowest BCUT2D eigenvalue weighted by molar-refractivity contribution is -0.136. The van der Waals surface area contributed by atoms with Crippen LogP contribution in [0.2, 0.25) is 0 Å². The van der Waals surface area contributed by atoms with Crippen molar-refractivity contribution < 1.29 is 9.53 Å². The van der Waals surface area contributed by atoms with Crippen LogP contribution in [0.3, 0.4) is 0 Å². The lowest BCUT2D eigenvalue weighted by atomic mass is 9.77. The maximum Gasteiger partial charge on any atom is 0.228 e. The molecule has 2 N–H and O–H groups in total. The minimum atomic E-state index is -0.332. The van der Waals surface area contributed by atoms with Crippen molar-refractivity contribution in [2.45, 2.75) is 52.9 Å². The molecule has 0 spiro atoms. The molecule has 0 aromatic rings. The van der Waals surface area contributed by atoms with Crippen molar-refractivity contribution in [2.24, 2.45) is 10.8 Å². The average Bonchev–Trinajstić information content (AvgIpc) is 2.50. The second-order valence-corrected chi connectivity index (χ2v) is 6.21. The molecule has 1 amide bonds. The highest BCUT2D eigenvalue weighted by atomic mass is 35.5. The summed E-state index contributed by atoms with van der Waals surface area (Å²) in [6.45, 7) is 9.76. The largest absolute Gasteiger partial charge is 0.384 e. The van der Waals surface area contributed by atoms with Gasteiger partial charge in [-0.15, -0.1) is 12.4 Å². The number of amides is 1. The fourth-order valence-corrected chi connectivity index (χ4v) is 3.20. The first-order valence-electron chi connectivity index (χ1n) is 8.06. The minimum Gasteiger partial charge on any atom is -0.384 e. The van der Waals surface area contributed by atoms with Gasteiger partial charge >= 0.3 is 0 Å². The molecule has 0 saturated carbocycles. The van der Waals surface area contributed by atoms with Crippen molar-refractivity contribution in [1.29, 1.82) is 0 Å². The molecule has 0 bridgehead atoms. The highest BCUT2D eigenvalue weighted by Crippen LogP contribution is 2.32. The Hall–Kier alpha value is -0.320. The number of nitrogens with one attached hydrogen (secondary N) is 2. The molecule has 1 saturated heterocycles. The zero-order chi connectivity index (χ0) is 15.1. The number of hydrogen-bond acceptors (Lipinski definition) is 3. The van der Waals surface area contributed by atoms with Crippen molar-refractivity contribution in [3.8, 4) is 0 Å². The van der Waals surface area contributed by atoms with Crippen LogP contribution < -0.4 is 10.6 Å². The summed E-state index contributed by atoms with van der Waals surface area (Å²) >= 11 is 0. The third-order valence-electron chi connectivity index (χ3n) is 5.34. The molecule has 1 aliphatic rings. The van der Waals surface area contributed by atoms with Crippen LogP contribution in [0.5, 0.6) is 0 Å². The van der Waals surface area contributed by atoms with E-state index in [1.807, 2.05) is 0 Å². The average molecular weight is 321 g/mol. The predicted octanol–water partition coefficient (Wildman–Crippen LogP) is 2.76. The Morgan fingerprint density at radius 1 is 1.19 bits per heavy atom. The predicted molar refractivity (Wildman–Crippen MR) is 90.0 cm³/mol. The standard InChI is InChI=1S/C16H32N2O2.ClH/c1-5-15(6-2,7-3)12-18-14(19)16(13-20-4)8-10-17-11-9-16;/h17H,5-13H2,1-4H3,(H,18,19);1H. The first-order chi connectivity index (χ1) is 9.58. The van der Waals surface area contributed by atoms with Crippen molar-refractivity contribution in [2.75, 3.05) is 33.4 Å². The quantitative estimate of drug-likeness (QED) is 0.723. The van der Waals surface area contributed by atoms with Crippen LogP contribution in [-0.4, -0.2) is 39.3 Å². The first-order valence-corrected chi connectivity index (χ1v) is 8.06. The van der Waals surface area contributed by atoms with Gasteiger partial charge in [0.15, 0.2) is 0 Å². The van der Waals surface area contributed by atoms with Gasteiger partial charge in [-0.25, -0.2) is 0 Å². The third-order valence-corrected chi connectivity index (χ3v) is 5.34. The highest BCUT2D eigenvalue weighted by molar-refractivity contribution is 5.85. The molecule has 0 atom stereocenters. The summed E-state index contributed by atoms with van der Waals surface area (Å²) in [5.74, 6) is 0.181. The van der Waals surface area contributed by atoms with Gasteiger partial charge in [-0.2, -0.15) is 0 Å². The van der Waals surface area contributed by atoms with Gasteiger partial charge in [0.2, 0.25) is 5.91 Å². The van der Waals surface area contributed by atoms with Crippen molar-refractivity contribution in [3.63, 3.8) is 0 Å². The summed E-state index contributed by atoms with van der Waals surface area (Å²) in [5, 5.41) is 6.55. The van der Waals surface area contributed by atoms with E-state index in [1.165, 1.54) is 0 Å². The van der Waals surface area contributed by atoms with E-state index in [0.29, 0.717) is 6.61 Å². The zero-order valence-corrected chi connectivity index (χ0v) is 14.9. The number of rotatable bonds is 8. The molecule has 0 aliphatic carbocycles. The number of halogens is 1. The molecule has 1 rings (SSSR count). The first kappa shape index (κ1) is 20.7. The van der Waals surface area contributed by atoms with Crippen LogP contribution in [0.25, 0.3) is 0 Å². The van der Waals surface area contributed by atoms with Crippen LogP contribution in [0.15, 0.2) is 0 Å². The smallest absolute Gasteiger partial charge is 0.228 e. The van der Waals surface area contributed by atoms with E-state index in [2.05, 4.69) is 31.4 Å². The summed E-state index contributed by atoms with van der Waals surface area (Å²) in [4.78, 5) is 12.7. The van der Waals surface area contributed by atoms with Gasteiger partial charge in [-0.3, -0.25) is 4.79 Å². The van der Waals surface area contributed by atoms with Gasteiger partial charge in [-0.05, 0) is 50.6 Å². The van der Waals surface area contributed by atoms with E-state index >= 15 is 0 Å². The Balaban J connectivity index is 0.00000400. The highest BCUT2D eigenvalue weighted by Gasteiger charge is 2.40. The third kappa shape index (κ3) is 5.11. The molecule has 1 heterocycles. The Bertz CT molecular complexity index is 287. The molecular weight excluding hydrogens is 288 g/mol. The number of carbonyl (C=O) groups excluding carboxylic acids is 1. The SMILES string of the molecule is CCC(CC)(CC)CNC(=O)C1(COC)CCNCC1.Cl. The maximum absolute atomic E-state index is 12.7. The maximum atomic E-state index is 12.7. The Labute approximate surface area is 136 Å². The summed E-state index contributed by atoms with van der Waals surface area (Å²) in [7, 11) is 1.69. The molecule has 0 radical (unpaired) electrons. The van der Waals surface area contributed by atoms with Gasteiger partial charge < -0.3 is 15.4 Å². The number of methoxy groups -OCH3 is 1. The Morgan fingerprint density at radius 2 is 1.71 bits per heavy atom. The molecule has 126 valence electrons. The van der Waals surface area contributed by atoms with E-state index in [1.54, 1.807) is 7.11 Å². The Kier molecular flexibility index (Phi) is 9.50. The summed E-state index contributed by atoms with van der Waals surface area (Å²) in [6.07, 6.45) is 5.06. The van der Waals surface area contributed by atoms with Gasteiger partial charge in [0.05, 0.1) is 12.0 Å². The monoisotopic (exact) mass is 320 g/mol. The van der Waals surface area contributed by atoms with Crippen molar-refractivity contribution in [1.82, 2.24) is 10.6 Å². The normalized spacial score (nSPS) is 17.9.